The largest absolute Gasteiger partial charge is 0.433 e. The number of anilines is 1. The molecule has 1 aromatic rings. The van der Waals surface area contributed by atoms with Crippen molar-refractivity contribution in [3.63, 3.8) is 0 Å². The van der Waals surface area contributed by atoms with E-state index in [9.17, 15) is 18.3 Å². The summed E-state index contributed by atoms with van der Waals surface area (Å²) in [5, 5.41) is 9.40. The Morgan fingerprint density at radius 3 is 2.61 bits per heavy atom. The van der Waals surface area contributed by atoms with Gasteiger partial charge in [-0.05, 0) is 44.8 Å². The van der Waals surface area contributed by atoms with Gasteiger partial charge < -0.3 is 14.9 Å². The maximum Gasteiger partial charge on any atom is 0.433 e. The van der Waals surface area contributed by atoms with Gasteiger partial charge in [0.1, 0.15) is 5.69 Å². The van der Waals surface area contributed by atoms with Crippen LogP contribution in [0.1, 0.15) is 25.5 Å². The van der Waals surface area contributed by atoms with Crippen LogP contribution in [0.3, 0.4) is 0 Å². The molecule has 23 heavy (non-hydrogen) atoms. The molecule has 0 unspecified atom stereocenters. The van der Waals surface area contributed by atoms with Gasteiger partial charge in [-0.15, -0.1) is 0 Å². The van der Waals surface area contributed by atoms with E-state index in [1.165, 1.54) is 0 Å². The van der Waals surface area contributed by atoms with Gasteiger partial charge in [0, 0.05) is 26.3 Å². The fourth-order valence-electron chi connectivity index (χ4n) is 2.88. The minimum absolute atomic E-state index is 0.103. The second-order valence-corrected chi connectivity index (χ2v) is 6.21. The third-order valence-corrected chi connectivity index (χ3v) is 4.04. The van der Waals surface area contributed by atoms with E-state index in [4.69, 9.17) is 0 Å². The SMILES string of the molecule is C[C@H](O)CN1CCC(CN(C)c2nccc(C(F)(F)F)n2)CC1. The molecule has 1 aliphatic rings. The lowest BCUT2D eigenvalue weighted by molar-refractivity contribution is -0.141. The van der Waals surface area contributed by atoms with Crippen molar-refractivity contribution in [1.29, 1.82) is 0 Å². The molecule has 5 nitrogen and oxygen atoms in total. The molecule has 2 heterocycles. The first-order chi connectivity index (χ1) is 10.8. The summed E-state index contributed by atoms with van der Waals surface area (Å²) in [6, 6.07) is 0.881. The van der Waals surface area contributed by atoms with E-state index in [0.717, 1.165) is 38.2 Å². The van der Waals surface area contributed by atoms with Gasteiger partial charge in [0.2, 0.25) is 5.95 Å². The van der Waals surface area contributed by atoms with E-state index >= 15 is 0 Å². The zero-order chi connectivity index (χ0) is 17.0. The number of alkyl halides is 3. The van der Waals surface area contributed by atoms with Crippen LogP contribution in [-0.2, 0) is 6.18 Å². The van der Waals surface area contributed by atoms with Gasteiger partial charge in [0.25, 0.3) is 0 Å². The van der Waals surface area contributed by atoms with Crippen molar-refractivity contribution < 1.29 is 18.3 Å². The summed E-state index contributed by atoms with van der Waals surface area (Å²) < 4.78 is 38.1. The highest BCUT2D eigenvalue weighted by Crippen LogP contribution is 2.28. The Bertz CT molecular complexity index is 502. The van der Waals surface area contributed by atoms with Crippen molar-refractivity contribution >= 4 is 5.95 Å². The fourth-order valence-corrected chi connectivity index (χ4v) is 2.88. The number of hydrogen-bond acceptors (Lipinski definition) is 5. The molecule has 1 N–H and O–H groups in total. The number of rotatable bonds is 5. The van der Waals surface area contributed by atoms with Crippen molar-refractivity contribution in [3.8, 4) is 0 Å². The minimum Gasteiger partial charge on any atom is -0.392 e. The molecule has 0 bridgehead atoms. The predicted molar refractivity (Wildman–Crippen MR) is 81.1 cm³/mol. The average Bonchev–Trinajstić information content (AvgIpc) is 2.48. The number of aliphatic hydroxyl groups excluding tert-OH is 1. The third kappa shape index (κ3) is 5.31. The molecular weight excluding hydrogens is 309 g/mol. The molecule has 2 rings (SSSR count). The number of aromatic nitrogens is 2. The van der Waals surface area contributed by atoms with Crippen LogP contribution in [0, 0.1) is 5.92 Å². The quantitative estimate of drug-likeness (QED) is 0.894. The summed E-state index contributed by atoms with van der Waals surface area (Å²) in [5.41, 5.74) is -0.916. The number of likely N-dealkylation sites (tertiary alicyclic amines) is 1. The van der Waals surface area contributed by atoms with Gasteiger partial charge in [-0.3, -0.25) is 0 Å². The average molecular weight is 332 g/mol. The van der Waals surface area contributed by atoms with E-state index in [1.54, 1.807) is 18.9 Å². The first kappa shape index (κ1) is 17.9. The molecule has 1 saturated heterocycles. The molecule has 0 saturated carbocycles. The van der Waals surface area contributed by atoms with Gasteiger partial charge in [-0.2, -0.15) is 13.2 Å². The molecule has 130 valence electrons. The number of β-amino-alcohol motifs (C(OH)–C–C–N with tert-alkyl or cyclic N) is 1. The third-order valence-electron chi connectivity index (χ3n) is 4.04. The predicted octanol–water partition coefficient (Wildman–Crippen LogP) is 2.02. The Kier molecular flexibility index (Phi) is 5.80. The highest BCUT2D eigenvalue weighted by molar-refractivity contribution is 5.29. The number of hydrogen-bond donors (Lipinski definition) is 1. The molecule has 1 aliphatic heterocycles. The molecule has 1 atom stereocenters. The number of piperidine rings is 1. The van der Waals surface area contributed by atoms with Crippen molar-refractivity contribution in [2.45, 2.75) is 32.0 Å². The summed E-state index contributed by atoms with van der Waals surface area (Å²) in [4.78, 5) is 11.4. The lowest BCUT2D eigenvalue weighted by Gasteiger charge is -2.34. The molecule has 0 aromatic carbocycles. The maximum absolute atomic E-state index is 12.7. The molecule has 0 amide bonds. The molecule has 1 aromatic heterocycles. The Labute approximate surface area is 134 Å². The summed E-state index contributed by atoms with van der Waals surface area (Å²) in [6.07, 6.45) is -1.74. The van der Waals surface area contributed by atoms with Crippen molar-refractivity contribution in [2.24, 2.45) is 5.92 Å². The van der Waals surface area contributed by atoms with Crippen LogP contribution >= 0.6 is 0 Å². The first-order valence-corrected chi connectivity index (χ1v) is 7.77. The second-order valence-electron chi connectivity index (χ2n) is 6.21. The van der Waals surface area contributed by atoms with E-state index < -0.39 is 11.9 Å². The van der Waals surface area contributed by atoms with Gasteiger partial charge in [-0.25, -0.2) is 9.97 Å². The smallest absolute Gasteiger partial charge is 0.392 e. The molecule has 1 fully saturated rings. The number of halogens is 3. The van der Waals surface area contributed by atoms with Crippen LogP contribution in [0.15, 0.2) is 12.3 Å². The van der Waals surface area contributed by atoms with E-state index in [2.05, 4.69) is 14.9 Å². The van der Waals surface area contributed by atoms with Crippen molar-refractivity contribution in [1.82, 2.24) is 14.9 Å². The number of nitrogens with zero attached hydrogens (tertiary/aromatic N) is 4. The van der Waals surface area contributed by atoms with Gasteiger partial charge in [0.15, 0.2) is 0 Å². The lowest BCUT2D eigenvalue weighted by atomic mass is 9.96. The highest BCUT2D eigenvalue weighted by Gasteiger charge is 2.33. The first-order valence-electron chi connectivity index (χ1n) is 7.77. The van der Waals surface area contributed by atoms with Crippen LogP contribution in [0.4, 0.5) is 19.1 Å². The maximum atomic E-state index is 12.7. The van der Waals surface area contributed by atoms with Gasteiger partial charge in [0.05, 0.1) is 6.10 Å². The van der Waals surface area contributed by atoms with Crippen LogP contribution < -0.4 is 4.90 Å². The van der Waals surface area contributed by atoms with Crippen molar-refractivity contribution in [2.75, 3.05) is 38.1 Å². The topological polar surface area (TPSA) is 52.5 Å². The molecule has 0 aliphatic carbocycles. The monoisotopic (exact) mass is 332 g/mol. The molecule has 8 heteroatoms. The Balaban J connectivity index is 1.89. The fraction of sp³-hybridized carbons (Fsp3) is 0.733. The Morgan fingerprint density at radius 2 is 2.04 bits per heavy atom. The van der Waals surface area contributed by atoms with Crippen molar-refractivity contribution in [3.05, 3.63) is 18.0 Å². The van der Waals surface area contributed by atoms with E-state index in [1.807, 2.05) is 0 Å². The van der Waals surface area contributed by atoms with Gasteiger partial charge >= 0.3 is 6.18 Å². The standard InChI is InChI=1S/C15H23F3N4O/c1-11(23)9-22-7-4-12(5-8-22)10-21(2)14-19-6-3-13(20-14)15(16,17)18/h3,6,11-12,23H,4-5,7-10H2,1-2H3/t11-/m0/s1. The van der Waals surface area contributed by atoms with Crippen LogP contribution in [0.25, 0.3) is 0 Å². The summed E-state index contributed by atoms with van der Waals surface area (Å²) in [5.74, 6) is 0.495. The minimum atomic E-state index is -4.45. The zero-order valence-electron chi connectivity index (χ0n) is 13.4. The number of aliphatic hydroxyl groups is 1. The van der Waals surface area contributed by atoms with Crippen LogP contribution in [0.5, 0.6) is 0 Å². The van der Waals surface area contributed by atoms with Crippen LogP contribution in [-0.4, -0.2) is 59.3 Å². The second kappa shape index (κ2) is 7.44. The Morgan fingerprint density at radius 1 is 1.39 bits per heavy atom. The summed E-state index contributed by atoms with van der Waals surface area (Å²) in [7, 11) is 1.72. The zero-order valence-corrected chi connectivity index (χ0v) is 13.4. The van der Waals surface area contributed by atoms with E-state index in [-0.39, 0.29) is 12.1 Å². The molecule has 0 spiro atoms. The normalized spacial score (nSPS) is 18.9. The van der Waals surface area contributed by atoms with Gasteiger partial charge in [-0.1, -0.05) is 0 Å². The highest BCUT2D eigenvalue weighted by atomic mass is 19.4. The summed E-state index contributed by atoms with van der Waals surface area (Å²) in [6.45, 7) is 4.85. The molecular formula is C15H23F3N4O. The Hall–Kier alpha value is -1.41. The lowest BCUT2D eigenvalue weighted by Crippen LogP contribution is -2.40. The molecule has 0 radical (unpaired) electrons. The summed E-state index contributed by atoms with van der Waals surface area (Å²) >= 11 is 0. The van der Waals surface area contributed by atoms with E-state index in [0.29, 0.717) is 19.0 Å². The van der Waals surface area contributed by atoms with Crippen LogP contribution in [0.2, 0.25) is 0 Å².